The molecular formula is C15H18N4O2S. The predicted octanol–water partition coefficient (Wildman–Crippen LogP) is 3.01. The number of nitrogens with zero attached hydrogens (tertiary/aromatic N) is 2. The normalized spacial score (nSPS) is 10.3. The van der Waals surface area contributed by atoms with E-state index in [1.807, 2.05) is 31.4 Å². The Bertz CT molecular complexity index is 691. The Morgan fingerprint density at radius 1 is 1.45 bits per heavy atom. The fourth-order valence-corrected chi connectivity index (χ4v) is 2.18. The van der Waals surface area contributed by atoms with Crippen molar-refractivity contribution in [3.05, 3.63) is 35.5 Å². The molecule has 0 amide bonds. The number of thioether (sulfide) groups is 1. The summed E-state index contributed by atoms with van der Waals surface area (Å²) < 4.78 is 5.03. The zero-order chi connectivity index (χ0) is 16.1. The molecule has 2 aromatic rings. The van der Waals surface area contributed by atoms with Crippen molar-refractivity contribution in [3.63, 3.8) is 0 Å². The molecule has 6 nitrogen and oxygen atoms in total. The lowest BCUT2D eigenvalue weighted by Gasteiger charge is -2.13. The number of anilines is 3. The lowest BCUT2D eigenvalue weighted by Crippen LogP contribution is -2.11. The van der Waals surface area contributed by atoms with E-state index in [2.05, 4.69) is 15.3 Å². The van der Waals surface area contributed by atoms with Gasteiger partial charge in [-0.05, 0) is 37.8 Å². The van der Waals surface area contributed by atoms with Crippen molar-refractivity contribution >= 4 is 34.9 Å². The molecule has 0 atom stereocenters. The number of nitrogens with one attached hydrogen (secondary N) is 1. The standard InChI is InChI=1S/C15H18N4O2S/c1-4-21-14(20)10-8-17-15(22-3)19-13(10)18-12-6-5-9(2)7-11(12)16/h5-8H,4,16H2,1-3H3,(H,17,18,19). The van der Waals surface area contributed by atoms with E-state index < -0.39 is 5.97 Å². The molecule has 0 unspecified atom stereocenters. The molecule has 2 rings (SSSR count). The van der Waals surface area contributed by atoms with E-state index in [0.717, 1.165) is 5.56 Å². The van der Waals surface area contributed by atoms with Crippen LogP contribution in [0.4, 0.5) is 17.2 Å². The SMILES string of the molecule is CCOC(=O)c1cnc(SC)nc1Nc1ccc(C)cc1N. The van der Waals surface area contributed by atoms with Gasteiger partial charge in [0, 0.05) is 6.20 Å². The summed E-state index contributed by atoms with van der Waals surface area (Å²) in [5.74, 6) is -0.0864. The first-order valence-electron chi connectivity index (χ1n) is 6.76. The highest BCUT2D eigenvalue weighted by atomic mass is 32.2. The first kappa shape index (κ1) is 16.1. The minimum atomic E-state index is -0.469. The third kappa shape index (κ3) is 3.67. The average Bonchev–Trinajstić information content (AvgIpc) is 2.50. The van der Waals surface area contributed by atoms with E-state index in [9.17, 15) is 4.79 Å². The van der Waals surface area contributed by atoms with Crippen LogP contribution in [0.3, 0.4) is 0 Å². The maximum absolute atomic E-state index is 12.0. The van der Waals surface area contributed by atoms with Crippen molar-refractivity contribution < 1.29 is 9.53 Å². The second-order valence-corrected chi connectivity index (χ2v) is 5.33. The monoisotopic (exact) mass is 318 g/mol. The van der Waals surface area contributed by atoms with E-state index in [1.165, 1.54) is 18.0 Å². The van der Waals surface area contributed by atoms with Crippen LogP contribution < -0.4 is 11.1 Å². The second kappa shape index (κ2) is 7.13. The van der Waals surface area contributed by atoms with Gasteiger partial charge in [-0.3, -0.25) is 0 Å². The first-order valence-corrected chi connectivity index (χ1v) is 7.99. The highest BCUT2D eigenvalue weighted by molar-refractivity contribution is 7.98. The summed E-state index contributed by atoms with van der Waals surface area (Å²) in [6, 6.07) is 5.63. The van der Waals surface area contributed by atoms with Gasteiger partial charge in [-0.2, -0.15) is 0 Å². The quantitative estimate of drug-likeness (QED) is 0.379. The van der Waals surface area contributed by atoms with Crippen LogP contribution in [0.2, 0.25) is 0 Å². The number of aromatic nitrogens is 2. The molecular weight excluding hydrogens is 300 g/mol. The Morgan fingerprint density at radius 2 is 2.23 bits per heavy atom. The molecule has 0 saturated carbocycles. The summed E-state index contributed by atoms with van der Waals surface area (Å²) in [4.78, 5) is 20.5. The van der Waals surface area contributed by atoms with Gasteiger partial charge >= 0.3 is 5.97 Å². The van der Waals surface area contributed by atoms with E-state index in [0.29, 0.717) is 22.3 Å². The van der Waals surface area contributed by atoms with Crippen molar-refractivity contribution in [1.82, 2.24) is 9.97 Å². The molecule has 1 aromatic heterocycles. The Balaban J connectivity index is 2.40. The van der Waals surface area contributed by atoms with Gasteiger partial charge in [-0.1, -0.05) is 17.8 Å². The van der Waals surface area contributed by atoms with Crippen molar-refractivity contribution in [2.75, 3.05) is 23.9 Å². The number of rotatable bonds is 5. The van der Waals surface area contributed by atoms with Crippen LogP contribution in [0, 0.1) is 6.92 Å². The van der Waals surface area contributed by atoms with Gasteiger partial charge in [-0.15, -0.1) is 0 Å². The van der Waals surface area contributed by atoms with Crippen LogP contribution in [0.1, 0.15) is 22.8 Å². The Kier molecular flexibility index (Phi) is 5.21. The Hall–Kier alpha value is -2.28. The summed E-state index contributed by atoms with van der Waals surface area (Å²) in [6.07, 6.45) is 3.33. The molecule has 0 aliphatic carbocycles. The second-order valence-electron chi connectivity index (χ2n) is 4.56. The molecule has 0 aliphatic heterocycles. The lowest BCUT2D eigenvalue weighted by molar-refractivity contribution is 0.0526. The molecule has 7 heteroatoms. The van der Waals surface area contributed by atoms with Gasteiger partial charge < -0.3 is 15.8 Å². The molecule has 22 heavy (non-hydrogen) atoms. The number of carbonyl (C=O) groups excluding carboxylic acids is 1. The highest BCUT2D eigenvalue weighted by Gasteiger charge is 2.16. The molecule has 116 valence electrons. The summed E-state index contributed by atoms with van der Waals surface area (Å²) >= 11 is 1.39. The van der Waals surface area contributed by atoms with E-state index in [1.54, 1.807) is 6.92 Å². The largest absolute Gasteiger partial charge is 0.462 e. The fourth-order valence-electron chi connectivity index (χ4n) is 1.84. The third-order valence-electron chi connectivity index (χ3n) is 2.90. The van der Waals surface area contributed by atoms with Crippen LogP contribution in [-0.4, -0.2) is 28.8 Å². The number of hydrogen-bond acceptors (Lipinski definition) is 7. The number of nitrogens with two attached hydrogens (primary N) is 1. The van der Waals surface area contributed by atoms with Crippen molar-refractivity contribution in [2.45, 2.75) is 19.0 Å². The number of carbonyl (C=O) groups is 1. The van der Waals surface area contributed by atoms with Crippen molar-refractivity contribution in [3.8, 4) is 0 Å². The zero-order valence-corrected chi connectivity index (χ0v) is 13.5. The molecule has 1 heterocycles. The lowest BCUT2D eigenvalue weighted by atomic mass is 10.2. The van der Waals surface area contributed by atoms with Gasteiger partial charge in [0.25, 0.3) is 0 Å². The number of esters is 1. The van der Waals surface area contributed by atoms with Gasteiger partial charge in [0.1, 0.15) is 11.4 Å². The van der Waals surface area contributed by atoms with Crippen LogP contribution in [0.25, 0.3) is 0 Å². The molecule has 0 radical (unpaired) electrons. The van der Waals surface area contributed by atoms with E-state index in [4.69, 9.17) is 10.5 Å². The maximum Gasteiger partial charge on any atom is 0.343 e. The maximum atomic E-state index is 12.0. The van der Waals surface area contributed by atoms with Crippen LogP contribution in [-0.2, 0) is 4.74 Å². The summed E-state index contributed by atoms with van der Waals surface area (Å²) in [5, 5.41) is 3.65. The number of nitrogen functional groups attached to an aromatic ring is 1. The number of aryl methyl sites for hydroxylation is 1. The average molecular weight is 318 g/mol. The Labute approximate surface area is 133 Å². The molecule has 0 aliphatic rings. The third-order valence-corrected chi connectivity index (χ3v) is 3.47. The van der Waals surface area contributed by atoms with Gasteiger partial charge in [-0.25, -0.2) is 14.8 Å². The number of ether oxygens (including phenoxy) is 1. The Morgan fingerprint density at radius 3 is 2.86 bits per heavy atom. The van der Waals surface area contributed by atoms with Crippen LogP contribution >= 0.6 is 11.8 Å². The van der Waals surface area contributed by atoms with Crippen LogP contribution in [0.5, 0.6) is 0 Å². The fraction of sp³-hybridized carbons (Fsp3) is 0.267. The van der Waals surface area contributed by atoms with E-state index in [-0.39, 0.29) is 12.2 Å². The molecule has 0 saturated heterocycles. The highest BCUT2D eigenvalue weighted by Crippen LogP contribution is 2.26. The van der Waals surface area contributed by atoms with Gasteiger partial charge in [0.2, 0.25) is 0 Å². The van der Waals surface area contributed by atoms with Gasteiger partial charge in [0.15, 0.2) is 5.16 Å². The zero-order valence-electron chi connectivity index (χ0n) is 12.7. The molecule has 0 spiro atoms. The first-order chi connectivity index (χ1) is 10.5. The van der Waals surface area contributed by atoms with Gasteiger partial charge in [0.05, 0.1) is 18.0 Å². The predicted molar refractivity (Wildman–Crippen MR) is 88.6 cm³/mol. The number of benzene rings is 1. The molecule has 3 N–H and O–H groups in total. The summed E-state index contributed by atoms with van der Waals surface area (Å²) in [5.41, 5.74) is 8.60. The van der Waals surface area contributed by atoms with Crippen LogP contribution in [0.15, 0.2) is 29.6 Å². The number of hydrogen-bond donors (Lipinski definition) is 2. The van der Waals surface area contributed by atoms with E-state index >= 15 is 0 Å². The van der Waals surface area contributed by atoms with Crippen molar-refractivity contribution in [2.24, 2.45) is 0 Å². The minimum Gasteiger partial charge on any atom is -0.462 e. The topological polar surface area (TPSA) is 90.1 Å². The minimum absolute atomic E-state index is 0.277. The molecule has 0 fully saturated rings. The summed E-state index contributed by atoms with van der Waals surface area (Å²) in [7, 11) is 0. The molecule has 0 bridgehead atoms. The molecule has 1 aromatic carbocycles. The smallest absolute Gasteiger partial charge is 0.343 e. The summed E-state index contributed by atoms with van der Waals surface area (Å²) in [6.45, 7) is 4.00. The van der Waals surface area contributed by atoms with Crippen molar-refractivity contribution in [1.29, 1.82) is 0 Å².